The lowest BCUT2D eigenvalue weighted by molar-refractivity contribution is 0.650. The van der Waals surface area contributed by atoms with Gasteiger partial charge in [-0.1, -0.05) is 30.3 Å². The van der Waals surface area contributed by atoms with Gasteiger partial charge in [0.05, 0.1) is 0 Å². The SMILES string of the molecule is CNCCN1CCCc2c(CCc3ccccc3)ccnc21. The van der Waals surface area contributed by atoms with E-state index in [1.54, 1.807) is 0 Å². The van der Waals surface area contributed by atoms with Crippen molar-refractivity contribution >= 4 is 5.82 Å². The Morgan fingerprint density at radius 2 is 2.00 bits per heavy atom. The Bertz CT molecular complexity index is 595. The Balaban J connectivity index is 1.75. The second-order valence-electron chi connectivity index (χ2n) is 5.95. The molecule has 2 heterocycles. The number of anilines is 1. The molecule has 3 rings (SSSR count). The summed E-state index contributed by atoms with van der Waals surface area (Å²) >= 11 is 0. The van der Waals surface area contributed by atoms with Gasteiger partial charge in [-0.25, -0.2) is 4.98 Å². The molecule has 22 heavy (non-hydrogen) atoms. The van der Waals surface area contributed by atoms with Crippen molar-refractivity contribution in [3.05, 3.63) is 59.3 Å². The van der Waals surface area contributed by atoms with Crippen LogP contribution in [0.2, 0.25) is 0 Å². The number of benzene rings is 1. The molecule has 0 aliphatic carbocycles. The molecule has 2 aromatic rings. The Kier molecular flexibility index (Phi) is 5.07. The smallest absolute Gasteiger partial charge is 0.132 e. The quantitative estimate of drug-likeness (QED) is 0.888. The molecule has 0 saturated carbocycles. The minimum atomic E-state index is 1.01. The summed E-state index contributed by atoms with van der Waals surface area (Å²) in [5.41, 5.74) is 4.36. The first-order valence-electron chi connectivity index (χ1n) is 8.28. The molecular weight excluding hydrogens is 270 g/mol. The maximum atomic E-state index is 4.67. The van der Waals surface area contributed by atoms with E-state index in [2.05, 4.69) is 51.6 Å². The fourth-order valence-electron chi connectivity index (χ4n) is 3.24. The van der Waals surface area contributed by atoms with E-state index in [-0.39, 0.29) is 0 Å². The lowest BCUT2D eigenvalue weighted by Crippen LogP contribution is -2.35. The van der Waals surface area contributed by atoms with Crippen molar-refractivity contribution < 1.29 is 0 Å². The maximum Gasteiger partial charge on any atom is 0.132 e. The van der Waals surface area contributed by atoms with E-state index in [9.17, 15) is 0 Å². The molecule has 1 aromatic heterocycles. The van der Waals surface area contributed by atoms with Crippen LogP contribution in [0.5, 0.6) is 0 Å². The molecule has 0 unspecified atom stereocenters. The third kappa shape index (κ3) is 3.47. The van der Waals surface area contributed by atoms with Crippen LogP contribution in [0.3, 0.4) is 0 Å². The molecule has 0 saturated heterocycles. The Hall–Kier alpha value is -1.87. The zero-order chi connectivity index (χ0) is 15.2. The summed E-state index contributed by atoms with van der Waals surface area (Å²) in [5, 5.41) is 3.24. The molecular formula is C19H25N3. The van der Waals surface area contributed by atoms with E-state index in [0.717, 1.165) is 32.5 Å². The first kappa shape index (κ1) is 15.0. The number of hydrogen-bond acceptors (Lipinski definition) is 3. The molecule has 1 aliphatic heterocycles. The van der Waals surface area contributed by atoms with E-state index in [4.69, 9.17) is 0 Å². The Morgan fingerprint density at radius 3 is 2.82 bits per heavy atom. The van der Waals surface area contributed by atoms with Gasteiger partial charge in [0.1, 0.15) is 5.82 Å². The van der Waals surface area contributed by atoms with Crippen LogP contribution < -0.4 is 10.2 Å². The Morgan fingerprint density at radius 1 is 1.14 bits per heavy atom. The first-order valence-corrected chi connectivity index (χ1v) is 8.28. The number of aromatic nitrogens is 1. The second-order valence-corrected chi connectivity index (χ2v) is 5.95. The highest BCUT2D eigenvalue weighted by Gasteiger charge is 2.20. The van der Waals surface area contributed by atoms with E-state index in [1.165, 1.54) is 35.3 Å². The molecule has 1 N–H and O–H groups in total. The summed E-state index contributed by atoms with van der Waals surface area (Å²) in [6.45, 7) is 3.18. The lowest BCUT2D eigenvalue weighted by Gasteiger charge is -2.31. The van der Waals surface area contributed by atoms with Crippen LogP contribution in [-0.2, 0) is 19.3 Å². The number of likely N-dealkylation sites (N-methyl/N-ethyl adjacent to an activating group) is 1. The summed E-state index contributed by atoms with van der Waals surface area (Å²) in [4.78, 5) is 7.10. The molecule has 3 heteroatoms. The minimum Gasteiger partial charge on any atom is -0.355 e. The summed E-state index contributed by atoms with van der Waals surface area (Å²) in [5.74, 6) is 1.21. The summed E-state index contributed by atoms with van der Waals surface area (Å²) in [6.07, 6.45) is 6.60. The van der Waals surface area contributed by atoms with Crippen molar-refractivity contribution in [3.63, 3.8) is 0 Å². The van der Waals surface area contributed by atoms with E-state index < -0.39 is 0 Å². The molecule has 0 amide bonds. The van der Waals surface area contributed by atoms with Gasteiger partial charge < -0.3 is 10.2 Å². The van der Waals surface area contributed by atoms with Crippen LogP contribution in [0.1, 0.15) is 23.1 Å². The van der Waals surface area contributed by atoms with Crippen LogP contribution in [-0.4, -0.2) is 31.7 Å². The molecule has 116 valence electrons. The fourth-order valence-corrected chi connectivity index (χ4v) is 3.24. The predicted octanol–water partition coefficient (Wildman–Crippen LogP) is 2.84. The monoisotopic (exact) mass is 295 g/mol. The third-order valence-corrected chi connectivity index (χ3v) is 4.44. The van der Waals surface area contributed by atoms with Gasteiger partial charge in [0.25, 0.3) is 0 Å². The largest absolute Gasteiger partial charge is 0.355 e. The topological polar surface area (TPSA) is 28.2 Å². The lowest BCUT2D eigenvalue weighted by atomic mass is 9.95. The number of nitrogens with one attached hydrogen (secondary N) is 1. The number of hydrogen-bond donors (Lipinski definition) is 1. The van der Waals surface area contributed by atoms with Crippen LogP contribution >= 0.6 is 0 Å². The van der Waals surface area contributed by atoms with E-state index >= 15 is 0 Å². The zero-order valence-corrected chi connectivity index (χ0v) is 13.4. The van der Waals surface area contributed by atoms with Crippen molar-refractivity contribution in [1.82, 2.24) is 10.3 Å². The standard InChI is InChI=1S/C19H25N3/c1-20-13-15-22-14-5-8-18-17(11-12-21-19(18)22)10-9-16-6-3-2-4-7-16/h2-4,6-7,11-12,20H,5,8-10,13-15H2,1H3. The molecule has 0 radical (unpaired) electrons. The predicted molar refractivity (Wildman–Crippen MR) is 92.5 cm³/mol. The molecule has 0 bridgehead atoms. The highest BCUT2D eigenvalue weighted by molar-refractivity contribution is 5.53. The average Bonchev–Trinajstić information content (AvgIpc) is 2.59. The van der Waals surface area contributed by atoms with Crippen LogP contribution in [0.15, 0.2) is 42.6 Å². The summed E-state index contributed by atoms with van der Waals surface area (Å²) in [6, 6.07) is 13.0. The highest BCUT2D eigenvalue weighted by Crippen LogP contribution is 2.28. The zero-order valence-electron chi connectivity index (χ0n) is 13.4. The Labute approximate surface area is 133 Å². The van der Waals surface area contributed by atoms with E-state index in [1.807, 2.05) is 13.2 Å². The van der Waals surface area contributed by atoms with Crippen molar-refractivity contribution in [2.75, 3.05) is 31.6 Å². The van der Waals surface area contributed by atoms with Crippen molar-refractivity contribution in [2.24, 2.45) is 0 Å². The van der Waals surface area contributed by atoms with Gasteiger partial charge in [-0.15, -0.1) is 0 Å². The molecule has 0 fully saturated rings. The van der Waals surface area contributed by atoms with Crippen LogP contribution in [0.4, 0.5) is 5.82 Å². The van der Waals surface area contributed by atoms with Gasteiger partial charge in [0, 0.05) is 25.8 Å². The number of aryl methyl sites for hydroxylation is 2. The normalized spacial score (nSPS) is 14.0. The fraction of sp³-hybridized carbons (Fsp3) is 0.421. The van der Waals surface area contributed by atoms with E-state index in [0.29, 0.717) is 0 Å². The number of rotatable bonds is 6. The second kappa shape index (κ2) is 7.41. The molecule has 3 nitrogen and oxygen atoms in total. The molecule has 0 atom stereocenters. The number of nitrogens with zero attached hydrogens (tertiary/aromatic N) is 2. The first-order chi connectivity index (χ1) is 10.9. The molecule has 1 aromatic carbocycles. The number of pyridine rings is 1. The van der Waals surface area contributed by atoms with Crippen molar-refractivity contribution in [1.29, 1.82) is 0 Å². The van der Waals surface area contributed by atoms with Crippen molar-refractivity contribution in [3.8, 4) is 0 Å². The van der Waals surface area contributed by atoms with Crippen LogP contribution in [0, 0.1) is 0 Å². The third-order valence-electron chi connectivity index (χ3n) is 4.44. The van der Waals surface area contributed by atoms with Gasteiger partial charge in [0.2, 0.25) is 0 Å². The van der Waals surface area contributed by atoms with Gasteiger partial charge in [-0.2, -0.15) is 0 Å². The van der Waals surface area contributed by atoms with Crippen LogP contribution in [0.25, 0.3) is 0 Å². The van der Waals surface area contributed by atoms with Gasteiger partial charge >= 0.3 is 0 Å². The van der Waals surface area contributed by atoms with Gasteiger partial charge in [-0.3, -0.25) is 0 Å². The summed E-state index contributed by atoms with van der Waals surface area (Å²) in [7, 11) is 2.01. The summed E-state index contributed by atoms with van der Waals surface area (Å²) < 4.78 is 0. The highest BCUT2D eigenvalue weighted by atomic mass is 15.2. The molecule has 1 aliphatic rings. The molecule has 0 spiro atoms. The number of fused-ring (bicyclic) bond motifs is 1. The van der Waals surface area contributed by atoms with Gasteiger partial charge in [0.15, 0.2) is 0 Å². The van der Waals surface area contributed by atoms with Gasteiger partial charge in [-0.05, 0) is 55.5 Å². The van der Waals surface area contributed by atoms with Crippen molar-refractivity contribution in [2.45, 2.75) is 25.7 Å². The minimum absolute atomic E-state index is 1.01. The average molecular weight is 295 g/mol. The maximum absolute atomic E-state index is 4.67.